The molecule has 1 saturated heterocycles. The molecule has 1 N–H and O–H groups in total. The maximum Gasteiger partial charge on any atom is 0.245 e. The molecule has 2 heterocycles. The normalized spacial score (nSPS) is 19.4. The zero-order valence-electron chi connectivity index (χ0n) is 12.8. The molecule has 1 aliphatic heterocycles. The molecule has 1 aliphatic rings. The molecule has 1 fully saturated rings. The number of benzene rings is 1. The van der Waals surface area contributed by atoms with E-state index in [2.05, 4.69) is 39.2 Å². The average Bonchev–Trinajstić information content (AvgIpc) is 2.53. The summed E-state index contributed by atoms with van der Waals surface area (Å²) in [5.74, 6) is 1.43. The van der Waals surface area contributed by atoms with Crippen LogP contribution in [0.15, 0.2) is 24.3 Å². The SMILES string of the molecule is CC(C)NCC1CCCN(c2nnc3ccccc3n2)C1. The quantitative estimate of drug-likeness (QED) is 0.933. The maximum atomic E-state index is 4.66. The van der Waals surface area contributed by atoms with Crippen LogP contribution in [-0.4, -0.2) is 40.9 Å². The molecule has 112 valence electrons. The fourth-order valence-corrected chi connectivity index (χ4v) is 2.82. The number of para-hydroxylation sites is 1. The van der Waals surface area contributed by atoms with E-state index in [1.54, 1.807) is 0 Å². The Labute approximate surface area is 125 Å². The van der Waals surface area contributed by atoms with E-state index in [1.807, 2.05) is 24.3 Å². The Morgan fingerprint density at radius 1 is 1.24 bits per heavy atom. The van der Waals surface area contributed by atoms with E-state index in [-0.39, 0.29) is 0 Å². The van der Waals surface area contributed by atoms with Gasteiger partial charge < -0.3 is 10.2 Å². The lowest BCUT2D eigenvalue weighted by Gasteiger charge is -2.33. The van der Waals surface area contributed by atoms with E-state index >= 15 is 0 Å². The van der Waals surface area contributed by atoms with Crippen molar-refractivity contribution in [1.82, 2.24) is 20.5 Å². The Hall–Kier alpha value is -1.75. The van der Waals surface area contributed by atoms with E-state index in [9.17, 15) is 0 Å². The van der Waals surface area contributed by atoms with Gasteiger partial charge in [0.2, 0.25) is 5.95 Å². The van der Waals surface area contributed by atoms with E-state index in [0.29, 0.717) is 12.0 Å². The van der Waals surface area contributed by atoms with Crippen molar-refractivity contribution in [3.63, 3.8) is 0 Å². The van der Waals surface area contributed by atoms with Crippen molar-refractivity contribution in [2.75, 3.05) is 24.5 Å². The van der Waals surface area contributed by atoms with Crippen molar-refractivity contribution >= 4 is 17.0 Å². The molecule has 0 spiro atoms. The fraction of sp³-hybridized carbons (Fsp3) is 0.562. The van der Waals surface area contributed by atoms with Crippen LogP contribution in [0.3, 0.4) is 0 Å². The first-order chi connectivity index (χ1) is 10.2. The lowest BCUT2D eigenvalue weighted by atomic mass is 9.98. The van der Waals surface area contributed by atoms with Gasteiger partial charge in [0, 0.05) is 19.1 Å². The largest absolute Gasteiger partial charge is 0.339 e. The third-order valence-corrected chi connectivity index (χ3v) is 3.97. The van der Waals surface area contributed by atoms with Crippen molar-refractivity contribution in [3.8, 4) is 0 Å². The number of anilines is 1. The molecular formula is C16H23N5. The van der Waals surface area contributed by atoms with Crippen LogP contribution in [0.1, 0.15) is 26.7 Å². The van der Waals surface area contributed by atoms with Crippen LogP contribution in [0.25, 0.3) is 11.0 Å². The smallest absolute Gasteiger partial charge is 0.245 e. The predicted molar refractivity (Wildman–Crippen MR) is 85.4 cm³/mol. The van der Waals surface area contributed by atoms with Gasteiger partial charge in [-0.05, 0) is 37.4 Å². The number of hydrogen-bond donors (Lipinski definition) is 1. The van der Waals surface area contributed by atoms with Crippen molar-refractivity contribution in [1.29, 1.82) is 0 Å². The van der Waals surface area contributed by atoms with Crippen LogP contribution in [0.4, 0.5) is 5.95 Å². The van der Waals surface area contributed by atoms with Crippen LogP contribution in [-0.2, 0) is 0 Å². The first kappa shape index (κ1) is 14.2. The molecule has 0 amide bonds. The van der Waals surface area contributed by atoms with Crippen molar-refractivity contribution in [2.45, 2.75) is 32.7 Å². The van der Waals surface area contributed by atoms with Crippen LogP contribution in [0.5, 0.6) is 0 Å². The highest BCUT2D eigenvalue weighted by atomic mass is 15.3. The number of nitrogens with zero attached hydrogens (tertiary/aromatic N) is 4. The lowest BCUT2D eigenvalue weighted by molar-refractivity contribution is 0.376. The van der Waals surface area contributed by atoms with Gasteiger partial charge in [-0.1, -0.05) is 26.0 Å². The fourth-order valence-electron chi connectivity index (χ4n) is 2.82. The second-order valence-electron chi connectivity index (χ2n) is 6.12. The van der Waals surface area contributed by atoms with Crippen molar-refractivity contribution in [3.05, 3.63) is 24.3 Å². The lowest BCUT2D eigenvalue weighted by Crippen LogP contribution is -2.41. The summed E-state index contributed by atoms with van der Waals surface area (Å²) in [5, 5.41) is 12.1. The molecule has 1 unspecified atom stereocenters. The van der Waals surface area contributed by atoms with Gasteiger partial charge in [-0.3, -0.25) is 0 Å². The van der Waals surface area contributed by atoms with Gasteiger partial charge in [0.1, 0.15) is 5.52 Å². The third kappa shape index (κ3) is 3.47. The summed E-state index contributed by atoms with van der Waals surface area (Å²) in [5.41, 5.74) is 1.78. The minimum absolute atomic E-state index is 0.541. The molecule has 0 saturated carbocycles. The summed E-state index contributed by atoms with van der Waals surface area (Å²) in [6.45, 7) is 7.49. The summed E-state index contributed by atoms with van der Waals surface area (Å²) >= 11 is 0. The molecule has 3 rings (SSSR count). The Bertz CT molecular complexity index is 598. The molecule has 0 bridgehead atoms. The topological polar surface area (TPSA) is 53.9 Å². The minimum Gasteiger partial charge on any atom is -0.339 e. The summed E-state index contributed by atoms with van der Waals surface area (Å²) in [7, 11) is 0. The van der Waals surface area contributed by atoms with Crippen LogP contribution >= 0.6 is 0 Å². The van der Waals surface area contributed by atoms with E-state index in [1.165, 1.54) is 12.8 Å². The first-order valence-corrected chi connectivity index (χ1v) is 7.80. The molecular weight excluding hydrogens is 262 g/mol. The second-order valence-corrected chi connectivity index (χ2v) is 6.12. The van der Waals surface area contributed by atoms with Gasteiger partial charge in [0.25, 0.3) is 0 Å². The number of hydrogen-bond acceptors (Lipinski definition) is 5. The standard InChI is InChI=1S/C16H23N5/c1-12(2)17-10-13-6-5-9-21(11-13)16-18-14-7-3-4-8-15(14)19-20-16/h3-4,7-8,12-13,17H,5-6,9-11H2,1-2H3. The third-order valence-electron chi connectivity index (χ3n) is 3.97. The average molecular weight is 285 g/mol. The monoisotopic (exact) mass is 285 g/mol. The zero-order valence-corrected chi connectivity index (χ0v) is 12.8. The second kappa shape index (κ2) is 6.35. The summed E-state index contributed by atoms with van der Waals surface area (Å²) in [6.07, 6.45) is 2.47. The Kier molecular flexibility index (Phi) is 4.29. The number of piperidine rings is 1. The van der Waals surface area contributed by atoms with Gasteiger partial charge in [-0.2, -0.15) is 0 Å². The Balaban J connectivity index is 1.72. The Morgan fingerprint density at radius 2 is 2.05 bits per heavy atom. The molecule has 2 aromatic rings. The van der Waals surface area contributed by atoms with E-state index < -0.39 is 0 Å². The number of fused-ring (bicyclic) bond motifs is 1. The van der Waals surface area contributed by atoms with E-state index in [0.717, 1.165) is 36.6 Å². The van der Waals surface area contributed by atoms with Gasteiger partial charge in [0.05, 0.1) is 5.52 Å². The van der Waals surface area contributed by atoms with Gasteiger partial charge in [-0.25, -0.2) is 4.98 Å². The molecule has 1 aromatic carbocycles. The molecule has 5 heteroatoms. The van der Waals surface area contributed by atoms with Crippen LogP contribution in [0, 0.1) is 5.92 Å². The van der Waals surface area contributed by atoms with Gasteiger partial charge >= 0.3 is 0 Å². The molecule has 0 radical (unpaired) electrons. The molecule has 21 heavy (non-hydrogen) atoms. The summed E-state index contributed by atoms with van der Waals surface area (Å²) in [6, 6.07) is 8.44. The van der Waals surface area contributed by atoms with Crippen LogP contribution < -0.4 is 10.2 Å². The van der Waals surface area contributed by atoms with Crippen molar-refractivity contribution < 1.29 is 0 Å². The van der Waals surface area contributed by atoms with Gasteiger partial charge in [-0.15, -0.1) is 10.2 Å². The van der Waals surface area contributed by atoms with Crippen molar-refractivity contribution in [2.24, 2.45) is 5.92 Å². The summed E-state index contributed by atoms with van der Waals surface area (Å²) < 4.78 is 0. The highest BCUT2D eigenvalue weighted by Gasteiger charge is 2.22. The maximum absolute atomic E-state index is 4.66. The molecule has 0 aliphatic carbocycles. The van der Waals surface area contributed by atoms with Crippen LogP contribution in [0.2, 0.25) is 0 Å². The first-order valence-electron chi connectivity index (χ1n) is 7.80. The minimum atomic E-state index is 0.541. The number of nitrogens with one attached hydrogen (secondary N) is 1. The molecule has 1 atom stereocenters. The van der Waals surface area contributed by atoms with E-state index in [4.69, 9.17) is 0 Å². The Morgan fingerprint density at radius 3 is 2.86 bits per heavy atom. The predicted octanol–water partition coefficient (Wildman–Crippen LogP) is 2.24. The summed E-state index contributed by atoms with van der Waals surface area (Å²) in [4.78, 5) is 6.93. The van der Waals surface area contributed by atoms with Gasteiger partial charge in [0.15, 0.2) is 0 Å². The molecule has 1 aromatic heterocycles. The highest BCUT2D eigenvalue weighted by molar-refractivity contribution is 5.74. The number of aromatic nitrogens is 3. The molecule has 5 nitrogen and oxygen atoms in total. The highest BCUT2D eigenvalue weighted by Crippen LogP contribution is 2.20. The zero-order chi connectivity index (χ0) is 14.7. The number of rotatable bonds is 4.